The Labute approximate surface area is 195 Å². The van der Waals surface area contributed by atoms with E-state index in [0.717, 1.165) is 0 Å². The van der Waals surface area contributed by atoms with Crippen molar-refractivity contribution in [1.82, 2.24) is 21.3 Å². The number of nitrogens with two attached hydrogens (primary N) is 1. The van der Waals surface area contributed by atoms with Gasteiger partial charge in [-0.2, -0.15) is 0 Å². The molecule has 0 aliphatic rings. The first kappa shape index (κ1) is 29.6. The quantitative estimate of drug-likeness (QED) is 0.165. The Kier molecular flexibility index (Phi) is 15.1. The van der Waals surface area contributed by atoms with Crippen LogP contribution in [0.2, 0.25) is 0 Å². The minimum absolute atomic E-state index is 0.104. The number of nitrogens with one attached hydrogen (secondary N) is 4. The van der Waals surface area contributed by atoms with Crippen LogP contribution in [0.25, 0.3) is 0 Å². The Balaban J connectivity index is 4.78. The van der Waals surface area contributed by atoms with Crippen LogP contribution in [0.4, 0.5) is 4.79 Å². The molecule has 0 radical (unpaired) electrons. The van der Waals surface area contributed by atoms with Gasteiger partial charge in [-0.1, -0.05) is 27.7 Å². The number of carbonyl (C=O) groups excluding carboxylic acids is 5. The predicted octanol–water partition coefficient (Wildman–Crippen LogP) is 0.811. The molecular formula is C21H38ClN5O5. The smallest absolute Gasteiger partial charge is 0.312 e. The number of carbonyl (C=O) groups is 5. The minimum Gasteiger partial charge on any atom is -0.355 e. The van der Waals surface area contributed by atoms with Crippen LogP contribution >= 0.6 is 11.6 Å². The molecule has 32 heavy (non-hydrogen) atoms. The molecule has 11 heteroatoms. The molecule has 0 saturated heterocycles. The van der Waals surface area contributed by atoms with Gasteiger partial charge in [-0.3, -0.25) is 19.2 Å². The summed E-state index contributed by atoms with van der Waals surface area (Å²) in [6, 6.07) is -2.16. The molecule has 5 amide bonds. The standard InChI is InChI=1S/C21H38ClN5O5/c1-13(2)18(27-16(28)9-5-6-10-24-17(29)12-22)20(31)26-15(19(30)14(3)4)8-7-11-25-21(23)32/h13-15,18H,5-12H2,1-4H3,(H,24,29)(H,26,31)(H,27,28)(H3,23,25,32)/t15-,18?/m0/s1. The molecular weight excluding hydrogens is 438 g/mol. The van der Waals surface area contributed by atoms with Gasteiger partial charge in [0.1, 0.15) is 11.9 Å². The van der Waals surface area contributed by atoms with Gasteiger partial charge in [0.15, 0.2) is 5.78 Å². The first-order valence-corrected chi connectivity index (χ1v) is 11.5. The van der Waals surface area contributed by atoms with Gasteiger partial charge >= 0.3 is 6.03 Å². The predicted molar refractivity (Wildman–Crippen MR) is 123 cm³/mol. The molecule has 1 unspecified atom stereocenters. The third-order valence-electron chi connectivity index (χ3n) is 4.74. The van der Waals surface area contributed by atoms with Crippen LogP contribution in [0.3, 0.4) is 0 Å². The third kappa shape index (κ3) is 13.1. The molecule has 0 heterocycles. The van der Waals surface area contributed by atoms with Gasteiger partial charge in [-0.25, -0.2) is 4.79 Å². The number of ketones is 1. The second kappa shape index (κ2) is 16.3. The monoisotopic (exact) mass is 475 g/mol. The van der Waals surface area contributed by atoms with E-state index in [-0.39, 0.29) is 41.7 Å². The number of alkyl halides is 1. The normalized spacial score (nSPS) is 12.7. The average molecular weight is 476 g/mol. The molecule has 0 aliphatic heterocycles. The summed E-state index contributed by atoms with van der Waals surface area (Å²) in [5, 5.41) is 10.6. The lowest BCUT2D eigenvalue weighted by atomic mass is 9.96. The highest BCUT2D eigenvalue weighted by atomic mass is 35.5. The highest BCUT2D eigenvalue weighted by Gasteiger charge is 2.29. The number of hydrogen-bond acceptors (Lipinski definition) is 5. The zero-order valence-corrected chi connectivity index (χ0v) is 20.2. The molecule has 0 aromatic heterocycles. The average Bonchev–Trinajstić information content (AvgIpc) is 2.72. The van der Waals surface area contributed by atoms with E-state index in [9.17, 15) is 24.0 Å². The Morgan fingerprint density at radius 1 is 0.844 bits per heavy atom. The zero-order valence-electron chi connectivity index (χ0n) is 19.5. The van der Waals surface area contributed by atoms with Crippen molar-refractivity contribution < 1.29 is 24.0 Å². The molecule has 0 aromatic rings. The summed E-state index contributed by atoms with van der Waals surface area (Å²) in [6.07, 6.45) is 2.17. The SMILES string of the molecule is CC(C)C(=O)[C@H](CCCNC(N)=O)NC(=O)C(NC(=O)CCCCNC(=O)CCl)C(C)C. The lowest BCUT2D eigenvalue weighted by Gasteiger charge is -2.26. The minimum atomic E-state index is -0.787. The molecule has 0 bridgehead atoms. The van der Waals surface area contributed by atoms with E-state index < -0.39 is 24.0 Å². The fourth-order valence-electron chi connectivity index (χ4n) is 2.93. The van der Waals surface area contributed by atoms with E-state index in [4.69, 9.17) is 17.3 Å². The van der Waals surface area contributed by atoms with E-state index in [1.165, 1.54) is 0 Å². The maximum atomic E-state index is 12.9. The van der Waals surface area contributed by atoms with Crippen molar-refractivity contribution in [2.24, 2.45) is 17.6 Å². The number of rotatable bonds is 16. The molecule has 0 saturated carbocycles. The zero-order chi connectivity index (χ0) is 24.7. The second-order valence-corrected chi connectivity index (χ2v) is 8.55. The van der Waals surface area contributed by atoms with Crippen LogP contribution in [-0.2, 0) is 19.2 Å². The topological polar surface area (TPSA) is 159 Å². The molecule has 0 aromatic carbocycles. The van der Waals surface area contributed by atoms with Crippen molar-refractivity contribution in [3.8, 4) is 0 Å². The van der Waals surface area contributed by atoms with E-state index in [1.807, 2.05) is 13.8 Å². The molecule has 10 nitrogen and oxygen atoms in total. The van der Waals surface area contributed by atoms with Gasteiger partial charge in [0.2, 0.25) is 17.7 Å². The summed E-state index contributed by atoms with van der Waals surface area (Å²) in [6.45, 7) is 7.84. The van der Waals surface area contributed by atoms with Crippen LogP contribution in [0.15, 0.2) is 0 Å². The lowest BCUT2D eigenvalue weighted by molar-refractivity contribution is -0.133. The lowest BCUT2D eigenvalue weighted by Crippen LogP contribution is -2.54. The Hall–Kier alpha value is -2.36. The Morgan fingerprint density at radius 3 is 2.00 bits per heavy atom. The van der Waals surface area contributed by atoms with Crippen molar-refractivity contribution in [2.45, 2.75) is 71.9 Å². The van der Waals surface area contributed by atoms with Gasteiger partial charge < -0.3 is 27.0 Å². The van der Waals surface area contributed by atoms with Crippen molar-refractivity contribution in [2.75, 3.05) is 19.0 Å². The Bertz CT molecular complexity index is 642. The number of urea groups is 1. The first-order chi connectivity index (χ1) is 15.0. The molecule has 0 aliphatic carbocycles. The van der Waals surface area contributed by atoms with Crippen LogP contribution in [-0.4, -0.2) is 60.6 Å². The number of unbranched alkanes of at least 4 members (excludes halogenated alkanes) is 1. The molecule has 0 spiro atoms. The maximum absolute atomic E-state index is 12.9. The van der Waals surface area contributed by atoms with Gasteiger partial charge in [-0.05, 0) is 31.6 Å². The Morgan fingerprint density at radius 2 is 1.47 bits per heavy atom. The summed E-state index contributed by atoms with van der Waals surface area (Å²) in [7, 11) is 0. The number of amides is 5. The van der Waals surface area contributed by atoms with E-state index >= 15 is 0 Å². The molecule has 6 N–H and O–H groups in total. The number of Topliss-reactive ketones (excluding diaryl/α,β-unsaturated/α-hetero) is 1. The molecule has 0 fully saturated rings. The van der Waals surface area contributed by atoms with Gasteiger partial charge in [0.05, 0.1) is 6.04 Å². The van der Waals surface area contributed by atoms with E-state index in [1.54, 1.807) is 13.8 Å². The van der Waals surface area contributed by atoms with E-state index in [0.29, 0.717) is 38.8 Å². The number of primary amides is 1. The highest BCUT2D eigenvalue weighted by Crippen LogP contribution is 2.09. The largest absolute Gasteiger partial charge is 0.355 e. The number of hydrogen-bond donors (Lipinski definition) is 5. The third-order valence-corrected chi connectivity index (χ3v) is 4.98. The summed E-state index contributed by atoms with van der Waals surface area (Å²) in [5.74, 6) is -1.66. The van der Waals surface area contributed by atoms with Gasteiger partial charge in [-0.15, -0.1) is 11.6 Å². The fourth-order valence-corrected chi connectivity index (χ4v) is 3.03. The second-order valence-electron chi connectivity index (χ2n) is 8.28. The molecule has 0 rings (SSSR count). The van der Waals surface area contributed by atoms with Crippen LogP contribution in [0.1, 0.15) is 59.8 Å². The summed E-state index contributed by atoms with van der Waals surface area (Å²) >= 11 is 5.40. The fraction of sp³-hybridized carbons (Fsp3) is 0.762. The summed E-state index contributed by atoms with van der Waals surface area (Å²) in [5.41, 5.74) is 5.04. The molecule has 184 valence electrons. The van der Waals surface area contributed by atoms with Gasteiger partial charge in [0.25, 0.3) is 0 Å². The summed E-state index contributed by atoms with van der Waals surface area (Å²) < 4.78 is 0. The van der Waals surface area contributed by atoms with Crippen molar-refractivity contribution in [1.29, 1.82) is 0 Å². The first-order valence-electron chi connectivity index (χ1n) is 11.0. The maximum Gasteiger partial charge on any atom is 0.312 e. The van der Waals surface area contributed by atoms with Crippen LogP contribution in [0, 0.1) is 11.8 Å². The van der Waals surface area contributed by atoms with Crippen LogP contribution in [0.5, 0.6) is 0 Å². The van der Waals surface area contributed by atoms with Crippen molar-refractivity contribution in [3.05, 3.63) is 0 Å². The van der Waals surface area contributed by atoms with E-state index in [2.05, 4.69) is 21.3 Å². The number of halogens is 1. The highest BCUT2D eigenvalue weighted by molar-refractivity contribution is 6.27. The molecule has 2 atom stereocenters. The van der Waals surface area contributed by atoms with Crippen LogP contribution < -0.4 is 27.0 Å². The van der Waals surface area contributed by atoms with Gasteiger partial charge in [0, 0.05) is 25.4 Å². The summed E-state index contributed by atoms with van der Waals surface area (Å²) in [4.78, 5) is 59.6. The van der Waals surface area contributed by atoms with Crippen molar-refractivity contribution >= 4 is 41.1 Å². The van der Waals surface area contributed by atoms with Crippen molar-refractivity contribution in [3.63, 3.8) is 0 Å².